The summed E-state index contributed by atoms with van der Waals surface area (Å²) in [5.41, 5.74) is 0.638. The van der Waals surface area contributed by atoms with E-state index < -0.39 is 5.79 Å². The number of piperidine rings is 1. The van der Waals surface area contributed by atoms with Crippen LogP contribution in [0.25, 0.3) is 0 Å². The summed E-state index contributed by atoms with van der Waals surface area (Å²) in [6.45, 7) is 2.47. The van der Waals surface area contributed by atoms with Gasteiger partial charge in [-0.15, -0.1) is 0 Å². The molecule has 2 fully saturated rings. The molecule has 0 atom stereocenters. The molecule has 2 aliphatic rings. The molecule has 2 heterocycles. The van der Waals surface area contributed by atoms with Crippen molar-refractivity contribution in [3.63, 3.8) is 0 Å². The summed E-state index contributed by atoms with van der Waals surface area (Å²) in [7, 11) is 1.60. The Labute approximate surface area is 118 Å². The van der Waals surface area contributed by atoms with Crippen molar-refractivity contribution < 1.29 is 19.0 Å². The largest absolute Gasteiger partial charge is 0.497 e. The van der Waals surface area contributed by atoms with Gasteiger partial charge in [-0.3, -0.25) is 4.79 Å². The van der Waals surface area contributed by atoms with Crippen molar-refractivity contribution in [2.45, 2.75) is 18.6 Å². The van der Waals surface area contributed by atoms with Gasteiger partial charge in [-0.2, -0.15) is 0 Å². The summed E-state index contributed by atoms with van der Waals surface area (Å²) in [6.07, 6.45) is 1.75. The van der Waals surface area contributed by atoms with Crippen LogP contribution in [0.4, 0.5) is 0 Å². The zero-order valence-electron chi connectivity index (χ0n) is 11.6. The number of likely N-dealkylation sites (tertiary alicyclic amines) is 1. The number of amides is 1. The molecule has 0 aromatic heterocycles. The standard InChI is InChI=1S/C15H19NO4/c1-18-13-5-2-4-12(10-13)14(17)16-7-3-6-15(11-16)19-8-9-20-15/h2,4-5,10H,3,6-9,11H2,1H3. The fraction of sp³-hybridized carbons (Fsp3) is 0.533. The van der Waals surface area contributed by atoms with E-state index >= 15 is 0 Å². The van der Waals surface area contributed by atoms with E-state index in [-0.39, 0.29) is 5.91 Å². The molecule has 1 aromatic rings. The minimum absolute atomic E-state index is 0.00192. The van der Waals surface area contributed by atoms with Gasteiger partial charge in [0, 0.05) is 18.5 Å². The van der Waals surface area contributed by atoms with E-state index in [1.54, 1.807) is 13.2 Å². The van der Waals surface area contributed by atoms with E-state index in [1.807, 2.05) is 23.1 Å². The van der Waals surface area contributed by atoms with E-state index in [0.717, 1.165) is 19.4 Å². The molecule has 1 aromatic carbocycles. The van der Waals surface area contributed by atoms with E-state index in [1.165, 1.54) is 0 Å². The molecule has 2 aliphatic heterocycles. The number of hydrogen-bond acceptors (Lipinski definition) is 4. The van der Waals surface area contributed by atoms with Crippen LogP contribution >= 0.6 is 0 Å². The topological polar surface area (TPSA) is 48.0 Å². The molecule has 3 rings (SSSR count). The van der Waals surface area contributed by atoms with Gasteiger partial charge in [0.1, 0.15) is 5.75 Å². The van der Waals surface area contributed by atoms with E-state index in [2.05, 4.69) is 0 Å². The van der Waals surface area contributed by atoms with Crippen LogP contribution in [0.1, 0.15) is 23.2 Å². The molecular weight excluding hydrogens is 258 g/mol. The Morgan fingerprint density at radius 3 is 2.90 bits per heavy atom. The first-order chi connectivity index (χ1) is 9.72. The highest BCUT2D eigenvalue weighted by Crippen LogP contribution is 2.30. The summed E-state index contributed by atoms with van der Waals surface area (Å²) >= 11 is 0. The first-order valence-corrected chi connectivity index (χ1v) is 6.94. The van der Waals surface area contributed by atoms with E-state index in [4.69, 9.17) is 14.2 Å². The quantitative estimate of drug-likeness (QED) is 0.825. The van der Waals surface area contributed by atoms with Gasteiger partial charge in [0.05, 0.1) is 26.9 Å². The molecule has 1 spiro atoms. The number of ether oxygens (including phenoxy) is 3. The monoisotopic (exact) mass is 277 g/mol. The molecule has 0 unspecified atom stereocenters. The number of hydrogen-bond donors (Lipinski definition) is 0. The predicted octanol–water partition coefficient (Wildman–Crippen LogP) is 1.67. The highest BCUT2D eigenvalue weighted by Gasteiger charge is 2.42. The van der Waals surface area contributed by atoms with Gasteiger partial charge in [0.2, 0.25) is 0 Å². The van der Waals surface area contributed by atoms with Gasteiger partial charge in [0.25, 0.3) is 5.91 Å². The van der Waals surface area contributed by atoms with Gasteiger partial charge in [-0.25, -0.2) is 0 Å². The number of nitrogens with zero attached hydrogens (tertiary/aromatic N) is 1. The second-order valence-corrected chi connectivity index (χ2v) is 5.17. The van der Waals surface area contributed by atoms with Crippen molar-refractivity contribution in [1.29, 1.82) is 0 Å². The van der Waals surface area contributed by atoms with Crippen molar-refractivity contribution in [3.8, 4) is 5.75 Å². The molecule has 0 radical (unpaired) electrons. The Morgan fingerprint density at radius 1 is 1.35 bits per heavy atom. The van der Waals surface area contributed by atoms with E-state index in [9.17, 15) is 4.79 Å². The van der Waals surface area contributed by atoms with Crippen LogP contribution in [0.5, 0.6) is 5.75 Å². The number of carbonyl (C=O) groups is 1. The highest BCUT2D eigenvalue weighted by molar-refractivity contribution is 5.94. The Bertz CT molecular complexity index is 496. The number of benzene rings is 1. The second-order valence-electron chi connectivity index (χ2n) is 5.17. The van der Waals surface area contributed by atoms with Crippen LogP contribution in [-0.4, -0.2) is 50.0 Å². The van der Waals surface area contributed by atoms with Gasteiger partial charge in [-0.05, 0) is 24.6 Å². The smallest absolute Gasteiger partial charge is 0.254 e. The van der Waals surface area contributed by atoms with Crippen molar-refractivity contribution in [1.82, 2.24) is 4.90 Å². The normalized spacial score (nSPS) is 21.1. The molecule has 5 heteroatoms. The molecule has 0 saturated carbocycles. The van der Waals surface area contributed by atoms with Gasteiger partial charge in [-0.1, -0.05) is 6.07 Å². The van der Waals surface area contributed by atoms with Gasteiger partial charge in [0.15, 0.2) is 5.79 Å². The van der Waals surface area contributed by atoms with Crippen LogP contribution in [0.3, 0.4) is 0 Å². The summed E-state index contributed by atoms with van der Waals surface area (Å²) < 4.78 is 16.6. The first kappa shape index (κ1) is 13.4. The molecule has 108 valence electrons. The summed E-state index contributed by atoms with van der Waals surface area (Å²) in [6, 6.07) is 7.23. The van der Waals surface area contributed by atoms with Crippen LogP contribution in [0, 0.1) is 0 Å². The lowest BCUT2D eigenvalue weighted by atomic mass is 10.0. The molecular formula is C15H19NO4. The Kier molecular flexibility index (Phi) is 3.63. The molecule has 1 amide bonds. The third-order valence-corrected chi connectivity index (χ3v) is 3.83. The number of methoxy groups -OCH3 is 1. The fourth-order valence-corrected chi connectivity index (χ4v) is 2.83. The second kappa shape index (κ2) is 5.42. The van der Waals surface area contributed by atoms with Crippen molar-refractivity contribution in [2.24, 2.45) is 0 Å². The molecule has 5 nitrogen and oxygen atoms in total. The van der Waals surface area contributed by atoms with Crippen LogP contribution < -0.4 is 4.74 Å². The summed E-state index contributed by atoms with van der Waals surface area (Å²) in [4.78, 5) is 14.4. The minimum atomic E-state index is -0.577. The maximum absolute atomic E-state index is 12.6. The molecule has 2 saturated heterocycles. The Morgan fingerprint density at radius 2 is 2.15 bits per heavy atom. The molecule has 0 bridgehead atoms. The van der Waals surface area contributed by atoms with Crippen molar-refractivity contribution in [2.75, 3.05) is 33.4 Å². The lowest BCUT2D eigenvalue weighted by molar-refractivity contribution is -0.183. The van der Waals surface area contributed by atoms with Gasteiger partial charge >= 0.3 is 0 Å². The third kappa shape index (κ3) is 2.51. The van der Waals surface area contributed by atoms with E-state index in [0.29, 0.717) is 31.1 Å². The Balaban J connectivity index is 1.76. The molecule has 0 N–H and O–H groups in total. The van der Waals surface area contributed by atoms with Crippen LogP contribution in [-0.2, 0) is 9.47 Å². The highest BCUT2D eigenvalue weighted by atomic mass is 16.7. The predicted molar refractivity (Wildman–Crippen MR) is 72.8 cm³/mol. The Hall–Kier alpha value is -1.59. The van der Waals surface area contributed by atoms with Crippen molar-refractivity contribution >= 4 is 5.91 Å². The number of rotatable bonds is 2. The van der Waals surface area contributed by atoms with Crippen LogP contribution in [0.2, 0.25) is 0 Å². The zero-order valence-corrected chi connectivity index (χ0v) is 11.6. The minimum Gasteiger partial charge on any atom is -0.497 e. The third-order valence-electron chi connectivity index (χ3n) is 3.83. The molecule has 0 aliphatic carbocycles. The lowest BCUT2D eigenvalue weighted by Gasteiger charge is -2.38. The SMILES string of the molecule is COc1cccc(C(=O)N2CCCC3(C2)OCCO3)c1. The van der Waals surface area contributed by atoms with Crippen molar-refractivity contribution in [3.05, 3.63) is 29.8 Å². The maximum atomic E-state index is 12.6. The maximum Gasteiger partial charge on any atom is 0.254 e. The average molecular weight is 277 g/mol. The average Bonchev–Trinajstić information content (AvgIpc) is 2.94. The summed E-state index contributed by atoms with van der Waals surface area (Å²) in [5, 5.41) is 0. The first-order valence-electron chi connectivity index (χ1n) is 6.94. The molecule has 20 heavy (non-hydrogen) atoms. The van der Waals surface area contributed by atoms with Crippen LogP contribution in [0.15, 0.2) is 24.3 Å². The lowest BCUT2D eigenvalue weighted by Crippen LogP contribution is -2.51. The summed E-state index contributed by atoms with van der Waals surface area (Å²) in [5.74, 6) is 0.116. The zero-order chi connectivity index (χ0) is 14.0. The number of carbonyl (C=O) groups excluding carboxylic acids is 1. The fourth-order valence-electron chi connectivity index (χ4n) is 2.83. The van der Waals surface area contributed by atoms with Gasteiger partial charge < -0.3 is 19.1 Å².